The standard InChI is InChI=1S/C22H30N2O3S/c1-5-15-24-28(26,27)22(3,4)21-12-10-20(11-13-21)19-8-6-18(7-9-19)14-16-23-17(2)25/h6-13,24H,5,14-16H2,1-4H3,(H,23,25). The van der Waals surface area contributed by atoms with Gasteiger partial charge in [-0.1, -0.05) is 55.5 Å². The van der Waals surface area contributed by atoms with E-state index in [1.165, 1.54) is 6.92 Å². The van der Waals surface area contributed by atoms with E-state index in [1.807, 2.05) is 55.5 Å². The van der Waals surface area contributed by atoms with Gasteiger partial charge in [-0.15, -0.1) is 0 Å². The molecule has 0 fully saturated rings. The summed E-state index contributed by atoms with van der Waals surface area (Å²) in [6.07, 6.45) is 1.55. The molecule has 1 amide bonds. The number of sulfonamides is 1. The summed E-state index contributed by atoms with van der Waals surface area (Å²) in [7, 11) is -3.45. The molecule has 152 valence electrons. The van der Waals surface area contributed by atoms with Gasteiger partial charge in [0.15, 0.2) is 0 Å². The third-order valence-corrected chi connectivity index (χ3v) is 7.03. The zero-order valence-electron chi connectivity index (χ0n) is 17.1. The highest BCUT2D eigenvalue weighted by Gasteiger charge is 2.35. The first kappa shape index (κ1) is 22.1. The summed E-state index contributed by atoms with van der Waals surface area (Å²) in [5, 5.41) is 2.79. The van der Waals surface area contributed by atoms with Crippen molar-refractivity contribution < 1.29 is 13.2 Å². The van der Waals surface area contributed by atoms with E-state index in [4.69, 9.17) is 0 Å². The lowest BCUT2D eigenvalue weighted by molar-refractivity contribution is -0.118. The predicted molar refractivity (Wildman–Crippen MR) is 115 cm³/mol. The molecular weight excluding hydrogens is 372 g/mol. The molecule has 0 bridgehead atoms. The largest absolute Gasteiger partial charge is 0.356 e. The van der Waals surface area contributed by atoms with Crippen LogP contribution in [0.4, 0.5) is 0 Å². The summed E-state index contributed by atoms with van der Waals surface area (Å²) >= 11 is 0. The Hall–Kier alpha value is -2.18. The van der Waals surface area contributed by atoms with Crippen LogP contribution in [0.3, 0.4) is 0 Å². The number of carbonyl (C=O) groups excluding carboxylic acids is 1. The Morgan fingerprint density at radius 2 is 1.46 bits per heavy atom. The Bertz CT molecular complexity index is 886. The lowest BCUT2D eigenvalue weighted by atomic mass is 9.97. The van der Waals surface area contributed by atoms with Gasteiger partial charge in [-0.2, -0.15) is 0 Å². The van der Waals surface area contributed by atoms with Crippen LogP contribution in [0.1, 0.15) is 45.2 Å². The van der Waals surface area contributed by atoms with Crippen LogP contribution < -0.4 is 10.0 Å². The fourth-order valence-electron chi connectivity index (χ4n) is 2.88. The van der Waals surface area contributed by atoms with E-state index in [1.54, 1.807) is 13.8 Å². The molecule has 0 spiro atoms. The molecule has 2 N–H and O–H groups in total. The highest BCUT2D eigenvalue weighted by atomic mass is 32.2. The molecule has 0 aromatic heterocycles. The van der Waals surface area contributed by atoms with Crippen molar-refractivity contribution in [2.45, 2.75) is 45.3 Å². The minimum atomic E-state index is -3.45. The lowest BCUT2D eigenvalue weighted by Gasteiger charge is -2.26. The number of nitrogens with one attached hydrogen (secondary N) is 2. The highest BCUT2D eigenvalue weighted by Crippen LogP contribution is 2.31. The average molecular weight is 403 g/mol. The monoisotopic (exact) mass is 402 g/mol. The number of hydrogen-bond acceptors (Lipinski definition) is 3. The first-order chi connectivity index (χ1) is 13.2. The molecule has 0 aliphatic carbocycles. The van der Waals surface area contributed by atoms with Crippen molar-refractivity contribution in [1.29, 1.82) is 0 Å². The first-order valence-electron chi connectivity index (χ1n) is 9.61. The van der Waals surface area contributed by atoms with Crippen molar-refractivity contribution in [3.63, 3.8) is 0 Å². The minimum absolute atomic E-state index is 0.0217. The number of amides is 1. The Labute approximate surface area is 168 Å². The van der Waals surface area contributed by atoms with E-state index in [9.17, 15) is 13.2 Å². The molecule has 2 aromatic rings. The summed E-state index contributed by atoms with van der Waals surface area (Å²) in [4.78, 5) is 10.9. The van der Waals surface area contributed by atoms with Crippen LogP contribution in [0.2, 0.25) is 0 Å². The molecule has 2 rings (SSSR count). The molecule has 0 atom stereocenters. The second-order valence-electron chi connectivity index (χ2n) is 7.42. The summed E-state index contributed by atoms with van der Waals surface area (Å²) < 4.78 is 26.9. The molecule has 0 heterocycles. The molecular formula is C22H30N2O3S. The van der Waals surface area contributed by atoms with Crippen LogP contribution in [-0.2, 0) is 26.0 Å². The van der Waals surface area contributed by atoms with Crippen LogP contribution >= 0.6 is 0 Å². The van der Waals surface area contributed by atoms with Gasteiger partial charge in [0.1, 0.15) is 4.75 Å². The first-order valence-corrected chi connectivity index (χ1v) is 11.1. The second kappa shape index (κ2) is 9.34. The van der Waals surface area contributed by atoms with Gasteiger partial charge in [-0.3, -0.25) is 4.79 Å². The second-order valence-corrected chi connectivity index (χ2v) is 9.73. The van der Waals surface area contributed by atoms with Gasteiger partial charge in [-0.25, -0.2) is 13.1 Å². The number of rotatable bonds is 9. The smallest absolute Gasteiger partial charge is 0.221 e. The van der Waals surface area contributed by atoms with Gasteiger partial charge in [0.25, 0.3) is 0 Å². The van der Waals surface area contributed by atoms with Crippen molar-refractivity contribution in [1.82, 2.24) is 10.0 Å². The van der Waals surface area contributed by atoms with E-state index in [-0.39, 0.29) is 5.91 Å². The number of carbonyl (C=O) groups is 1. The minimum Gasteiger partial charge on any atom is -0.356 e. The van der Waals surface area contributed by atoms with Gasteiger partial charge < -0.3 is 5.32 Å². The van der Waals surface area contributed by atoms with Gasteiger partial charge >= 0.3 is 0 Å². The Kier molecular flexibility index (Phi) is 7.38. The maximum atomic E-state index is 12.6. The summed E-state index contributed by atoms with van der Waals surface area (Å²) in [6.45, 7) is 7.97. The van der Waals surface area contributed by atoms with E-state index >= 15 is 0 Å². The summed E-state index contributed by atoms with van der Waals surface area (Å²) in [5.41, 5.74) is 4.02. The molecule has 6 heteroatoms. The molecule has 0 saturated heterocycles. The van der Waals surface area contributed by atoms with E-state index in [0.717, 1.165) is 35.1 Å². The molecule has 28 heavy (non-hydrogen) atoms. The zero-order chi connectivity index (χ0) is 20.8. The molecule has 0 aliphatic heterocycles. The SMILES string of the molecule is CCCNS(=O)(=O)C(C)(C)c1ccc(-c2ccc(CCNC(C)=O)cc2)cc1. The predicted octanol–water partition coefficient (Wildman–Crippen LogP) is 3.60. The van der Waals surface area contributed by atoms with Gasteiger partial charge in [0.2, 0.25) is 15.9 Å². The quantitative estimate of drug-likeness (QED) is 0.673. The van der Waals surface area contributed by atoms with Crippen molar-refractivity contribution in [3.05, 3.63) is 59.7 Å². The molecule has 0 radical (unpaired) electrons. The van der Waals surface area contributed by atoms with Crippen LogP contribution in [0.25, 0.3) is 11.1 Å². The van der Waals surface area contributed by atoms with Gasteiger partial charge in [0.05, 0.1) is 0 Å². The number of hydrogen-bond donors (Lipinski definition) is 2. The molecule has 5 nitrogen and oxygen atoms in total. The fourth-order valence-corrected chi connectivity index (χ4v) is 4.16. The normalized spacial score (nSPS) is 12.0. The third-order valence-electron chi connectivity index (χ3n) is 4.87. The molecule has 0 aliphatic rings. The van der Waals surface area contributed by atoms with Crippen LogP contribution in [0.15, 0.2) is 48.5 Å². The molecule has 2 aromatic carbocycles. The highest BCUT2D eigenvalue weighted by molar-refractivity contribution is 7.90. The topological polar surface area (TPSA) is 75.3 Å². The molecule has 0 unspecified atom stereocenters. The van der Waals surface area contributed by atoms with Crippen LogP contribution in [0.5, 0.6) is 0 Å². The fraction of sp³-hybridized carbons (Fsp3) is 0.409. The molecule has 0 saturated carbocycles. The van der Waals surface area contributed by atoms with E-state index in [0.29, 0.717) is 13.1 Å². The maximum Gasteiger partial charge on any atom is 0.221 e. The summed E-state index contributed by atoms with van der Waals surface area (Å²) in [6, 6.07) is 15.9. The van der Waals surface area contributed by atoms with Gasteiger partial charge in [-0.05, 0) is 48.9 Å². The van der Waals surface area contributed by atoms with Crippen molar-refractivity contribution in [2.75, 3.05) is 13.1 Å². The van der Waals surface area contributed by atoms with Gasteiger partial charge in [0, 0.05) is 20.0 Å². The van der Waals surface area contributed by atoms with E-state index < -0.39 is 14.8 Å². The Morgan fingerprint density at radius 1 is 0.929 bits per heavy atom. The van der Waals surface area contributed by atoms with Crippen molar-refractivity contribution >= 4 is 15.9 Å². The zero-order valence-corrected chi connectivity index (χ0v) is 17.9. The van der Waals surface area contributed by atoms with E-state index in [2.05, 4.69) is 10.0 Å². The maximum absolute atomic E-state index is 12.6. The van der Waals surface area contributed by atoms with Crippen LogP contribution in [0, 0.1) is 0 Å². The average Bonchev–Trinajstić information content (AvgIpc) is 2.66. The van der Waals surface area contributed by atoms with Crippen molar-refractivity contribution in [3.8, 4) is 11.1 Å². The summed E-state index contributed by atoms with van der Waals surface area (Å²) in [5.74, 6) is -0.0217. The van der Waals surface area contributed by atoms with Crippen molar-refractivity contribution in [2.24, 2.45) is 0 Å². The van der Waals surface area contributed by atoms with Crippen LogP contribution in [-0.4, -0.2) is 27.4 Å². The Balaban J connectivity index is 2.12. The number of benzene rings is 2. The third kappa shape index (κ3) is 5.42. The Morgan fingerprint density at radius 3 is 1.96 bits per heavy atom. The lowest BCUT2D eigenvalue weighted by Crippen LogP contribution is -2.39.